The number of para-hydroxylation sites is 1. The lowest BCUT2D eigenvalue weighted by atomic mass is 9.56. The van der Waals surface area contributed by atoms with E-state index >= 15 is 0 Å². The minimum absolute atomic E-state index is 0.794. The highest BCUT2D eigenvalue weighted by Gasteiger charge is 2.31. The van der Waals surface area contributed by atoms with Crippen molar-refractivity contribution >= 4 is 85.0 Å². The third-order valence-corrected chi connectivity index (χ3v) is 12.7. The third kappa shape index (κ3) is 6.20. The Morgan fingerprint density at radius 3 is 2.27 bits per heavy atom. The van der Waals surface area contributed by atoms with Gasteiger partial charge in [-0.05, 0) is 125 Å². The fourth-order valence-electron chi connectivity index (χ4n) is 9.96. The van der Waals surface area contributed by atoms with E-state index in [0.29, 0.717) is 0 Å². The lowest BCUT2D eigenvalue weighted by Gasteiger charge is -2.32. The first-order valence-electron chi connectivity index (χ1n) is 21.4. The Morgan fingerprint density at radius 2 is 1.50 bits per heavy atom. The molecule has 2 N–H and O–H groups in total. The van der Waals surface area contributed by atoms with Crippen molar-refractivity contribution in [2.24, 2.45) is 0 Å². The minimum Gasteiger partial charge on any atom is -0.355 e. The molecule has 2 bridgehead atoms. The van der Waals surface area contributed by atoms with Gasteiger partial charge in [0.05, 0.1) is 5.52 Å². The van der Waals surface area contributed by atoms with Gasteiger partial charge in [0.1, 0.15) is 0 Å². The Hall–Kier alpha value is -6.84. The van der Waals surface area contributed by atoms with Gasteiger partial charge in [-0.1, -0.05) is 164 Å². The van der Waals surface area contributed by atoms with Crippen LogP contribution in [0.4, 0.5) is 11.4 Å². The topological polar surface area (TPSA) is 27.8 Å². The molecule has 0 amide bonds. The van der Waals surface area contributed by atoms with Gasteiger partial charge >= 0.3 is 0 Å². The molecule has 8 aromatic rings. The Morgan fingerprint density at radius 1 is 0.750 bits per heavy atom. The summed E-state index contributed by atoms with van der Waals surface area (Å²) in [5.41, 5.74) is 23.3. The number of aromatic amines is 1. The number of anilines is 2. The second-order valence-electron chi connectivity index (χ2n) is 16.2. The van der Waals surface area contributed by atoms with E-state index in [2.05, 4.69) is 216 Å². The van der Waals surface area contributed by atoms with Crippen LogP contribution in [0.2, 0.25) is 0 Å². The monoisotopic (exact) mass is 771 g/mol. The van der Waals surface area contributed by atoms with E-state index in [1.54, 1.807) is 0 Å². The molecule has 3 heterocycles. The number of aromatic nitrogens is 1. The molecule has 0 atom stereocenters. The van der Waals surface area contributed by atoms with Crippen molar-refractivity contribution in [2.45, 2.75) is 47.5 Å². The molecular weight excluding hydrogens is 723 g/mol. The number of fused-ring (bicyclic) bond motifs is 5. The van der Waals surface area contributed by atoms with Crippen molar-refractivity contribution in [3.8, 4) is 22.3 Å². The van der Waals surface area contributed by atoms with Crippen LogP contribution in [0.5, 0.6) is 0 Å². The molecule has 1 radical (unpaired) electrons. The van der Waals surface area contributed by atoms with Gasteiger partial charge in [0.25, 0.3) is 0 Å². The van der Waals surface area contributed by atoms with Gasteiger partial charge in [0.15, 0.2) is 7.28 Å². The fourth-order valence-corrected chi connectivity index (χ4v) is 9.96. The molecule has 10 rings (SSSR count). The third-order valence-electron chi connectivity index (χ3n) is 12.7. The van der Waals surface area contributed by atoms with Gasteiger partial charge in [0.2, 0.25) is 0 Å². The van der Waals surface area contributed by atoms with Gasteiger partial charge in [0, 0.05) is 44.4 Å². The molecule has 289 valence electrons. The first kappa shape index (κ1) is 37.4. The molecular formula is C57H48BN2. The smallest absolute Gasteiger partial charge is 0.197 e. The number of nitrogens with one attached hydrogen (secondary N) is 2. The Labute approximate surface area is 354 Å². The number of hydrogen-bond donors (Lipinski definition) is 2. The Bertz CT molecular complexity index is 3170. The van der Waals surface area contributed by atoms with Crippen molar-refractivity contribution in [1.29, 1.82) is 0 Å². The molecule has 2 nitrogen and oxygen atoms in total. The van der Waals surface area contributed by atoms with E-state index in [1.165, 1.54) is 110 Å². The summed E-state index contributed by atoms with van der Waals surface area (Å²) in [6.07, 6.45) is 15.6. The van der Waals surface area contributed by atoms with Crippen LogP contribution in [-0.4, -0.2) is 12.3 Å². The van der Waals surface area contributed by atoms with Crippen LogP contribution in [0, 0.1) is 6.92 Å². The van der Waals surface area contributed by atoms with Crippen LogP contribution in [-0.2, 0) is 0 Å². The standard InChI is InChI=1S/C57H48BN2/c1-6-19-35(4)43(8-3)51-36(5)52(46-28-18-29-47-53-44-26-16-15-24-40(44)30-31-50(53)59-55(46)47)54-57-45(51)27-17-25-41(38-20-11-9-12-21-38)32-37(7-2)48-33-42(39-22-13-10-14-23-39)34-49(58-54)56(48)60-57/h6-7,9-24,26-34,59-60H,8,25H2,1-5H3/b19-6-,27-17?,37-7+,41-32+,43-35+. The average molecular weight is 772 g/mol. The van der Waals surface area contributed by atoms with Crippen molar-refractivity contribution in [1.82, 2.24) is 4.98 Å². The zero-order chi connectivity index (χ0) is 40.9. The molecule has 7 aromatic carbocycles. The predicted octanol–water partition coefficient (Wildman–Crippen LogP) is 14.5. The summed E-state index contributed by atoms with van der Waals surface area (Å²) in [4.78, 5) is 3.95. The molecule has 0 unspecified atom stereocenters. The highest BCUT2D eigenvalue weighted by molar-refractivity contribution is 6.73. The van der Waals surface area contributed by atoms with E-state index in [1.807, 2.05) is 0 Å². The molecule has 3 heteroatoms. The van der Waals surface area contributed by atoms with Crippen LogP contribution in [0.3, 0.4) is 0 Å². The molecule has 0 spiro atoms. The molecule has 0 aliphatic carbocycles. The Kier molecular flexibility index (Phi) is 9.61. The zero-order valence-corrected chi connectivity index (χ0v) is 35.1. The molecule has 2 aliphatic rings. The van der Waals surface area contributed by atoms with Gasteiger partial charge in [-0.3, -0.25) is 0 Å². The normalized spacial score (nSPS) is 15.5. The summed E-state index contributed by atoms with van der Waals surface area (Å²) >= 11 is 0. The van der Waals surface area contributed by atoms with Gasteiger partial charge < -0.3 is 10.3 Å². The summed E-state index contributed by atoms with van der Waals surface area (Å²) in [5.74, 6) is 0. The van der Waals surface area contributed by atoms with E-state index in [0.717, 1.165) is 29.7 Å². The molecule has 0 fully saturated rings. The summed E-state index contributed by atoms with van der Waals surface area (Å²) in [5, 5.41) is 9.24. The number of allylic oxidation sites excluding steroid dienone is 9. The summed E-state index contributed by atoms with van der Waals surface area (Å²) in [6, 6.07) is 46.6. The van der Waals surface area contributed by atoms with Crippen LogP contribution >= 0.6 is 0 Å². The highest BCUT2D eigenvalue weighted by atomic mass is 14.9. The van der Waals surface area contributed by atoms with Crippen molar-refractivity contribution in [2.75, 3.05) is 5.32 Å². The maximum Gasteiger partial charge on any atom is 0.197 e. The first-order chi connectivity index (χ1) is 29.5. The lowest BCUT2D eigenvalue weighted by Crippen LogP contribution is -2.39. The molecule has 2 aliphatic heterocycles. The van der Waals surface area contributed by atoms with Gasteiger partial charge in [-0.15, -0.1) is 0 Å². The number of benzene rings is 7. The summed E-state index contributed by atoms with van der Waals surface area (Å²) in [7, 11) is 2.47. The van der Waals surface area contributed by atoms with Crippen LogP contribution in [0.25, 0.3) is 77.6 Å². The summed E-state index contributed by atoms with van der Waals surface area (Å²) < 4.78 is 0. The number of rotatable bonds is 6. The highest BCUT2D eigenvalue weighted by Crippen LogP contribution is 2.45. The van der Waals surface area contributed by atoms with E-state index < -0.39 is 0 Å². The second-order valence-corrected chi connectivity index (χ2v) is 16.2. The molecule has 60 heavy (non-hydrogen) atoms. The maximum atomic E-state index is 4.20. The van der Waals surface area contributed by atoms with Crippen LogP contribution in [0.15, 0.2) is 163 Å². The summed E-state index contributed by atoms with van der Waals surface area (Å²) in [6.45, 7) is 11.2. The Balaban J connectivity index is 1.33. The fraction of sp³-hybridized carbons (Fsp3) is 0.123. The van der Waals surface area contributed by atoms with Crippen molar-refractivity contribution in [3.05, 3.63) is 191 Å². The molecule has 0 saturated heterocycles. The lowest BCUT2D eigenvalue weighted by molar-refractivity contribution is 1.20. The molecule has 1 aromatic heterocycles. The van der Waals surface area contributed by atoms with E-state index in [4.69, 9.17) is 0 Å². The second kappa shape index (κ2) is 15.4. The number of hydrogen-bond acceptors (Lipinski definition) is 1. The minimum atomic E-state index is 0.794. The van der Waals surface area contributed by atoms with Crippen LogP contribution < -0.4 is 16.2 Å². The van der Waals surface area contributed by atoms with E-state index in [-0.39, 0.29) is 0 Å². The van der Waals surface area contributed by atoms with E-state index in [9.17, 15) is 0 Å². The maximum absolute atomic E-state index is 4.20. The van der Waals surface area contributed by atoms with Crippen molar-refractivity contribution < 1.29 is 0 Å². The SMILES string of the molecule is C/C=C\C(C)=C(/CC)c1c(C)c(-c2cccc3c2[nH]c2ccc4ccccc4c23)c2c3c1C=CC/C(c1ccccc1)=C\C(=C/C)c1cc(-c4ccccc4)cc(c1N3)[B]2. The number of H-pyrrole nitrogens is 1. The molecule has 0 saturated carbocycles. The average Bonchev–Trinajstić information content (AvgIpc) is 3.67. The predicted molar refractivity (Wildman–Crippen MR) is 263 cm³/mol. The van der Waals surface area contributed by atoms with Gasteiger partial charge in [-0.25, -0.2) is 0 Å². The quantitative estimate of drug-likeness (QED) is 0.128. The van der Waals surface area contributed by atoms with Gasteiger partial charge in [-0.2, -0.15) is 0 Å². The van der Waals surface area contributed by atoms with Crippen molar-refractivity contribution in [3.63, 3.8) is 0 Å². The zero-order valence-electron chi connectivity index (χ0n) is 35.1. The largest absolute Gasteiger partial charge is 0.355 e. The van der Waals surface area contributed by atoms with Crippen LogP contribution in [0.1, 0.15) is 68.4 Å². The first-order valence-corrected chi connectivity index (χ1v) is 21.4.